The van der Waals surface area contributed by atoms with Crippen LogP contribution < -0.4 is 11.5 Å². The Bertz CT molecular complexity index is 288. The van der Waals surface area contributed by atoms with Crippen molar-refractivity contribution >= 4 is 17.7 Å². The van der Waals surface area contributed by atoms with Crippen molar-refractivity contribution in [3.8, 4) is 0 Å². The maximum absolute atomic E-state index is 10.4. The number of carbonyl (C=O) groups is 1. The number of aromatic nitrogens is 2. The molecule has 0 unspecified atom stereocenters. The van der Waals surface area contributed by atoms with Gasteiger partial charge in [-0.3, -0.25) is 4.79 Å². The van der Waals surface area contributed by atoms with Crippen LogP contribution >= 0.6 is 11.8 Å². The van der Waals surface area contributed by atoms with Gasteiger partial charge in [0.15, 0.2) is 0 Å². The van der Waals surface area contributed by atoms with Gasteiger partial charge in [-0.05, 0) is 0 Å². The Morgan fingerprint density at radius 1 is 1.54 bits per heavy atom. The highest BCUT2D eigenvalue weighted by Gasteiger charge is 2.05. The Morgan fingerprint density at radius 2 is 2.31 bits per heavy atom. The third kappa shape index (κ3) is 3.43. The van der Waals surface area contributed by atoms with E-state index in [0.717, 1.165) is 0 Å². The van der Waals surface area contributed by atoms with Gasteiger partial charge in [-0.1, -0.05) is 11.8 Å². The van der Waals surface area contributed by atoms with Gasteiger partial charge in [0.05, 0.1) is 6.54 Å². The highest BCUT2D eigenvalue weighted by atomic mass is 32.2. The van der Waals surface area contributed by atoms with Crippen LogP contribution in [0.25, 0.3) is 0 Å². The first-order valence-corrected chi connectivity index (χ1v) is 4.64. The predicted octanol–water partition coefficient (Wildman–Crippen LogP) is -0.504. The standard InChI is InChI=1S/C6H10N4O2S/c7-3-5-9-10-6(12-5)13-2-1-4(8)11/h1-3,7H2,(H2,8,11). The second kappa shape index (κ2) is 4.83. The van der Waals surface area contributed by atoms with Crippen LogP contribution in [-0.4, -0.2) is 21.9 Å². The summed E-state index contributed by atoms with van der Waals surface area (Å²) in [6.07, 6.45) is 0.297. The highest BCUT2D eigenvalue weighted by Crippen LogP contribution is 2.16. The number of thioether (sulfide) groups is 1. The van der Waals surface area contributed by atoms with Crippen LogP contribution in [0.3, 0.4) is 0 Å². The summed E-state index contributed by atoms with van der Waals surface area (Å²) < 4.78 is 5.08. The number of hydrogen-bond donors (Lipinski definition) is 2. The molecule has 0 bridgehead atoms. The third-order valence-electron chi connectivity index (χ3n) is 1.20. The zero-order valence-corrected chi connectivity index (χ0v) is 7.71. The molecule has 4 N–H and O–H groups in total. The molecule has 0 aliphatic carbocycles. The fourth-order valence-corrected chi connectivity index (χ4v) is 1.35. The van der Waals surface area contributed by atoms with Crippen LogP contribution in [0.1, 0.15) is 12.3 Å². The molecule has 7 heteroatoms. The summed E-state index contributed by atoms with van der Waals surface area (Å²) in [5.41, 5.74) is 10.2. The predicted molar refractivity (Wildman–Crippen MR) is 46.7 cm³/mol. The molecule has 13 heavy (non-hydrogen) atoms. The summed E-state index contributed by atoms with van der Waals surface area (Å²) in [7, 11) is 0. The van der Waals surface area contributed by atoms with Crippen molar-refractivity contribution in [2.45, 2.75) is 18.2 Å². The second-order valence-corrected chi connectivity index (χ2v) is 3.28. The summed E-state index contributed by atoms with van der Waals surface area (Å²) in [6.45, 7) is 0.226. The molecular weight excluding hydrogens is 192 g/mol. The average molecular weight is 202 g/mol. The minimum atomic E-state index is -0.342. The minimum Gasteiger partial charge on any atom is -0.415 e. The van der Waals surface area contributed by atoms with Crippen LogP contribution in [0.2, 0.25) is 0 Å². The molecule has 0 atom stereocenters. The summed E-state index contributed by atoms with van der Waals surface area (Å²) in [6, 6.07) is 0. The van der Waals surface area contributed by atoms with E-state index in [1.807, 2.05) is 0 Å². The molecule has 6 nitrogen and oxygen atoms in total. The van der Waals surface area contributed by atoms with Crippen molar-refractivity contribution in [2.24, 2.45) is 11.5 Å². The van der Waals surface area contributed by atoms with Crippen LogP contribution in [0.4, 0.5) is 0 Å². The van der Waals surface area contributed by atoms with Crippen LogP contribution in [0, 0.1) is 0 Å². The van der Waals surface area contributed by atoms with Gasteiger partial charge in [-0.25, -0.2) is 0 Å². The van der Waals surface area contributed by atoms with Gasteiger partial charge in [0.1, 0.15) is 0 Å². The Hall–Kier alpha value is -1.08. The molecule has 72 valence electrons. The highest BCUT2D eigenvalue weighted by molar-refractivity contribution is 7.99. The maximum atomic E-state index is 10.4. The van der Waals surface area contributed by atoms with Gasteiger partial charge in [0.25, 0.3) is 5.22 Å². The Kier molecular flexibility index (Phi) is 3.71. The SMILES string of the molecule is NCc1nnc(SCCC(N)=O)o1. The van der Waals surface area contributed by atoms with Crippen LogP contribution in [-0.2, 0) is 11.3 Å². The number of hydrogen-bond acceptors (Lipinski definition) is 6. The first-order chi connectivity index (χ1) is 6.22. The average Bonchev–Trinajstić information content (AvgIpc) is 2.52. The summed E-state index contributed by atoms with van der Waals surface area (Å²) in [4.78, 5) is 10.4. The molecule has 0 saturated heterocycles. The van der Waals surface area contributed by atoms with E-state index in [1.54, 1.807) is 0 Å². The molecule has 0 fully saturated rings. The van der Waals surface area contributed by atoms with Crippen LogP contribution in [0.5, 0.6) is 0 Å². The van der Waals surface area contributed by atoms with E-state index in [-0.39, 0.29) is 12.5 Å². The Balaban J connectivity index is 2.32. The zero-order chi connectivity index (χ0) is 9.68. The van der Waals surface area contributed by atoms with E-state index in [0.29, 0.717) is 23.3 Å². The van der Waals surface area contributed by atoms with Gasteiger partial charge in [0.2, 0.25) is 11.8 Å². The van der Waals surface area contributed by atoms with Gasteiger partial charge in [0, 0.05) is 12.2 Å². The van der Waals surface area contributed by atoms with Crippen LogP contribution in [0.15, 0.2) is 9.64 Å². The number of carbonyl (C=O) groups excluding carboxylic acids is 1. The zero-order valence-electron chi connectivity index (χ0n) is 6.90. The third-order valence-corrected chi connectivity index (χ3v) is 2.02. The number of rotatable bonds is 5. The maximum Gasteiger partial charge on any atom is 0.276 e. The van der Waals surface area contributed by atoms with E-state index in [9.17, 15) is 4.79 Å². The Morgan fingerprint density at radius 3 is 2.85 bits per heavy atom. The van der Waals surface area contributed by atoms with Crippen molar-refractivity contribution in [2.75, 3.05) is 5.75 Å². The monoisotopic (exact) mass is 202 g/mol. The lowest BCUT2D eigenvalue weighted by atomic mass is 10.5. The molecular formula is C6H10N4O2S. The largest absolute Gasteiger partial charge is 0.415 e. The fraction of sp³-hybridized carbons (Fsp3) is 0.500. The molecule has 0 saturated carbocycles. The Labute approximate surface area is 79.1 Å². The number of nitrogens with zero attached hydrogens (tertiary/aromatic N) is 2. The summed E-state index contributed by atoms with van der Waals surface area (Å²) >= 11 is 1.29. The summed E-state index contributed by atoms with van der Waals surface area (Å²) in [5.74, 6) is 0.592. The number of nitrogens with two attached hydrogens (primary N) is 2. The molecule has 1 heterocycles. The van der Waals surface area contributed by atoms with Gasteiger partial charge in [-0.2, -0.15) is 0 Å². The lowest BCUT2D eigenvalue weighted by molar-refractivity contribution is -0.117. The molecule has 1 rings (SSSR count). The quantitative estimate of drug-likeness (QED) is 0.623. The minimum absolute atomic E-state index is 0.226. The smallest absolute Gasteiger partial charge is 0.276 e. The molecule has 0 aliphatic rings. The normalized spacial score (nSPS) is 10.2. The molecule has 0 aromatic carbocycles. The molecule has 1 amide bonds. The number of primary amides is 1. The lowest BCUT2D eigenvalue weighted by Crippen LogP contribution is -2.10. The molecule has 0 radical (unpaired) electrons. The number of amides is 1. The van der Waals surface area contributed by atoms with E-state index >= 15 is 0 Å². The van der Waals surface area contributed by atoms with Gasteiger partial charge >= 0.3 is 0 Å². The van der Waals surface area contributed by atoms with Gasteiger partial charge in [-0.15, -0.1) is 10.2 Å². The molecule has 0 spiro atoms. The second-order valence-electron chi connectivity index (χ2n) is 2.23. The molecule has 1 aromatic heterocycles. The van der Waals surface area contributed by atoms with E-state index in [1.165, 1.54) is 11.8 Å². The van der Waals surface area contributed by atoms with Crippen molar-refractivity contribution in [3.05, 3.63) is 5.89 Å². The first kappa shape index (κ1) is 10.0. The van der Waals surface area contributed by atoms with Crippen molar-refractivity contribution in [1.82, 2.24) is 10.2 Å². The first-order valence-electron chi connectivity index (χ1n) is 3.66. The molecule has 1 aromatic rings. The molecule has 0 aliphatic heterocycles. The van der Waals surface area contributed by atoms with E-state index < -0.39 is 0 Å². The van der Waals surface area contributed by atoms with E-state index in [2.05, 4.69) is 10.2 Å². The topological polar surface area (TPSA) is 108 Å². The van der Waals surface area contributed by atoms with Crippen molar-refractivity contribution in [1.29, 1.82) is 0 Å². The van der Waals surface area contributed by atoms with Gasteiger partial charge < -0.3 is 15.9 Å². The van der Waals surface area contributed by atoms with Crippen molar-refractivity contribution in [3.63, 3.8) is 0 Å². The van der Waals surface area contributed by atoms with Crippen molar-refractivity contribution < 1.29 is 9.21 Å². The summed E-state index contributed by atoms with van der Waals surface area (Å²) in [5, 5.41) is 7.77. The van der Waals surface area contributed by atoms with E-state index in [4.69, 9.17) is 15.9 Å². The fourth-order valence-electron chi connectivity index (χ4n) is 0.618. The lowest BCUT2D eigenvalue weighted by Gasteiger charge is -1.91.